The van der Waals surface area contributed by atoms with Gasteiger partial charge in [-0.1, -0.05) is 12.1 Å². The second-order valence-electron chi connectivity index (χ2n) is 6.80. The number of nitrogens with zero attached hydrogens (tertiary/aromatic N) is 5. The Labute approximate surface area is 145 Å². The van der Waals surface area contributed by atoms with Crippen LogP contribution in [0.2, 0.25) is 0 Å². The maximum Gasteiger partial charge on any atom is 0.196 e. The van der Waals surface area contributed by atoms with Crippen molar-refractivity contribution < 1.29 is 4.42 Å². The van der Waals surface area contributed by atoms with E-state index in [1.165, 1.54) is 5.56 Å². The van der Waals surface area contributed by atoms with Crippen LogP contribution in [0.1, 0.15) is 12.0 Å². The lowest BCUT2D eigenvalue weighted by molar-refractivity contribution is 0.585. The molecule has 126 valence electrons. The number of aryl methyl sites for hydroxylation is 1. The van der Waals surface area contributed by atoms with Gasteiger partial charge in [-0.2, -0.15) is 5.10 Å². The smallest absolute Gasteiger partial charge is 0.196 e. The van der Waals surface area contributed by atoms with Crippen molar-refractivity contribution in [1.82, 2.24) is 19.7 Å². The summed E-state index contributed by atoms with van der Waals surface area (Å²) in [6.45, 7) is 1.98. The number of anilines is 1. The van der Waals surface area contributed by atoms with Gasteiger partial charge in [-0.3, -0.25) is 4.68 Å². The summed E-state index contributed by atoms with van der Waals surface area (Å²) in [7, 11) is 1.96. The highest BCUT2D eigenvalue weighted by Gasteiger charge is 2.27. The molecule has 6 heteroatoms. The predicted octanol–water partition coefficient (Wildman–Crippen LogP) is 3.18. The van der Waals surface area contributed by atoms with E-state index in [9.17, 15) is 0 Å². The zero-order valence-corrected chi connectivity index (χ0v) is 14.1. The average molecular weight is 333 g/mol. The van der Waals surface area contributed by atoms with E-state index >= 15 is 0 Å². The molecule has 1 fully saturated rings. The minimum Gasteiger partial charge on any atom is -0.450 e. The summed E-state index contributed by atoms with van der Waals surface area (Å²) in [6.07, 6.45) is 7.92. The Morgan fingerprint density at radius 3 is 3.04 bits per heavy atom. The molecule has 6 nitrogen and oxygen atoms in total. The van der Waals surface area contributed by atoms with Crippen LogP contribution in [-0.4, -0.2) is 32.8 Å². The van der Waals surface area contributed by atoms with Crippen LogP contribution in [0.4, 0.5) is 5.82 Å². The topological polar surface area (TPSA) is 60.0 Å². The Morgan fingerprint density at radius 2 is 2.16 bits per heavy atom. The van der Waals surface area contributed by atoms with E-state index in [1.807, 2.05) is 42.2 Å². The van der Waals surface area contributed by atoms with Crippen molar-refractivity contribution in [2.45, 2.75) is 12.8 Å². The fourth-order valence-electron chi connectivity index (χ4n) is 3.84. The standard InChI is InChI=1S/C19H19N5O/c1-23-10-14(9-22-23)8-13-6-7-24(11-13)19-18-17(20-12-21-19)15-4-2-3-5-16(15)25-18/h2-5,9-10,12-13H,6-8,11H2,1H3/t13-/m0/s1. The summed E-state index contributed by atoms with van der Waals surface area (Å²) in [6, 6.07) is 8.03. The van der Waals surface area contributed by atoms with E-state index in [2.05, 4.69) is 26.2 Å². The van der Waals surface area contributed by atoms with E-state index in [4.69, 9.17) is 4.42 Å². The van der Waals surface area contributed by atoms with E-state index in [0.29, 0.717) is 5.92 Å². The minimum atomic E-state index is 0.610. The van der Waals surface area contributed by atoms with Crippen LogP contribution in [0.15, 0.2) is 47.4 Å². The van der Waals surface area contributed by atoms with E-state index in [-0.39, 0.29) is 0 Å². The molecule has 25 heavy (non-hydrogen) atoms. The second-order valence-corrected chi connectivity index (χ2v) is 6.80. The Hall–Kier alpha value is -2.89. The fraction of sp³-hybridized carbons (Fsp3) is 0.316. The van der Waals surface area contributed by atoms with Gasteiger partial charge in [-0.15, -0.1) is 0 Å². The molecule has 1 atom stereocenters. The molecule has 0 unspecified atom stereocenters. The van der Waals surface area contributed by atoms with Crippen LogP contribution in [0.5, 0.6) is 0 Å². The lowest BCUT2D eigenvalue weighted by Crippen LogP contribution is -2.21. The van der Waals surface area contributed by atoms with Crippen molar-refractivity contribution in [2.24, 2.45) is 13.0 Å². The van der Waals surface area contributed by atoms with Crippen LogP contribution in [0.25, 0.3) is 22.1 Å². The van der Waals surface area contributed by atoms with Gasteiger partial charge < -0.3 is 9.32 Å². The second kappa shape index (κ2) is 5.58. The molecular formula is C19H19N5O. The Balaban J connectivity index is 1.45. The maximum absolute atomic E-state index is 6.07. The normalized spacial score (nSPS) is 17.8. The molecule has 1 aromatic carbocycles. The van der Waals surface area contributed by atoms with Gasteiger partial charge >= 0.3 is 0 Å². The van der Waals surface area contributed by atoms with E-state index < -0.39 is 0 Å². The highest BCUT2D eigenvalue weighted by molar-refractivity contribution is 6.05. The number of aromatic nitrogens is 4. The third kappa shape index (κ3) is 2.45. The number of fused-ring (bicyclic) bond motifs is 3. The number of benzene rings is 1. The molecule has 0 saturated carbocycles. The van der Waals surface area contributed by atoms with Crippen LogP contribution >= 0.6 is 0 Å². The molecule has 0 amide bonds. The molecule has 0 aliphatic carbocycles. The Kier molecular flexibility index (Phi) is 3.23. The molecule has 1 aliphatic heterocycles. The van der Waals surface area contributed by atoms with E-state index in [1.54, 1.807) is 6.33 Å². The molecule has 0 radical (unpaired) electrons. The summed E-state index contributed by atoms with van der Waals surface area (Å²) >= 11 is 0. The SMILES string of the molecule is Cn1cc(C[C@@H]2CCN(c3ncnc4c3oc3ccccc34)C2)cn1. The molecule has 1 aliphatic rings. The molecule has 3 aromatic heterocycles. The molecule has 4 heterocycles. The Morgan fingerprint density at radius 1 is 1.24 bits per heavy atom. The third-order valence-electron chi connectivity index (χ3n) is 5.01. The summed E-state index contributed by atoms with van der Waals surface area (Å²) in [5.41, 5.74) is 3.86. The van der Waals surface area contributed by atoms with Crippen LogP contribution < -0.4 is 4.90 Å². The van der Waals surface area contributed by atoms with Gasteiger partial charge in [0.25, 0.3) is 0 Å². The molecule has 5 rings (SSSR count). The highest BCUT2D eigenvalue weighted by atomic mass is 16.3. The van der Waals surface area contributed by atoms with Crippen LogP contribution in [0, 0.1) is 5.92 Å². The third-order valence-corrected chi connectivity index (χ3v) is 5.01. The van der Waals surface area contributed by atoms with Gasteiger partial charge in [0, 0.05) is 31.7 Å². The first-order valence-corrected chi connectivity index (χ1v) is 8.62. The molecule has 0 N–H and O–H groups in total. The zero-order chi connectivity index (χ0) is 16.8. The summed E-state index contributed by atoms with van der Waals surface area (Å²) < 4.78 is 7.94. The van der Waals surface area contributed by atoms with E-state index in [0.717, 1.165) is 53.8 Å². The first-order chi connectivity index (χ1) is 12.3. The van der Waals surface area contributed by atoms with Crippen molar-refractivity contribution in [2.75, 3.05) is 18.0 Å². The molecule has 4 aromatic rings. The van der Waals surface area contributed by atoms with Gasteiger partial charge in [0.2, 0.25) is 0 Å². The molecule has 0 bridgehead atoms. The van der Waals surface area contributed by atoms with Crippen molar-refractivity contribution in [1.29, 1.82) is 0 Å². The predicted molar refractivity (Wildman–Crippen MR) is 96.5 cm³/mol. The number of rotatable bonds is 3. The first-order valence-electron chi connectivity index (χ1n) is 8.62. The van der Waals surface area contributed by atoms with Crippen molar-refractivity contribution in [3.63, 3.8) is 0 Å². The fourth-order valence-corrected chi connectivity index (χ4v) is 3.84. The van der Waals surface area contributed by atoms with Gasteiger partial charge in [0.1, 0.15) is 17.4 Å². The first kappa shape index (κ1) is 14.5. The number of para-hydroxylation sites is 1. The summed E-state index contributed by atoms with van der Waals surface area (Å²) in [5.74, 6) is 1.52. The summed E-state index contributed by atoms with van der Waals surface area (Å²) in [4.78, 5) is 11.3. The monoisotopic (exact) mass is 333 g/mol. The number of hydrogen-bond acceptors (Lipinski definition) is 5. The van der Waals surface area contributed by atoms with Crippen molar-refractivity contribution >= 4 is 27.9 Å². The molecule has 1 saturated heterocycles. The van der Waals surface area contributed by atoms with Crippen LogP contribution in [0.3, 0.4) is 0 Å². The van der Waals surface area contributed by atoms with Gasteiger partial charge in [0.05, 0.1) is 6.20 Å². The van der Waals surface area contributed by atoms with Crippen molar-refractivity contribution in [3.8, 4) is 0 Å². The lowest BCUT2D eigenvalue weighted by atomic mass is 10.0. The van der Waals surface area contributed by atoms with Gasteiger partial charge in [-0.05, 0) is 36.5 Å². The number of furan rings is 1. The Bertz CT molecular complexity index is 1050. The van der Waals surface area contributed by atoms with Gasteiger partial charge in [0.15, 0.2) is 11.4 Å². The zero-order valence-electron chi connectivity index (χ0n) is 14.1. The number of hydrogen-bond donors (Lipinski definition) is 0. The lowest BCUT2D eigenvalue weighted by Gasteiger charge is -2.17. The minimum absolute atomic E-state index is 0.610. The summed E-state index contributed by atoms with van der Waals surface area (Å²) in [5, 5.41) is 5.32. The molecular weight excluding hydrogens is 314 g/mol. The van der Waals surface area contributed by atoms with Crippen LogP contribution in [-0.2, 0) is 13.5 Å². The highest BCUT2D eigenvalue weighted by Crippen LogP contribution is 2.34. The van der Waals surface area contributed by atoms with Crippen molar-refractivity contribution in [3.05, 3.63) is 48.5 Å². The maximum atomic E-state index is 6.07. The average Bonchev–Trinajstić information content (AvgIpc) is 3.33. The quantitative estimate of drug-likeness (QED) is 0.576. The largest absolute Gasteiger partial charge is 0.450 e. The van der Waals surface area contributed by atoms with Gasteiger partial charge in [-0.25, -0.2) is 9.97 Å². The molecule has 0 spiro atoms.